The van der Waals surface area contributed by atoms with E-state index in [0.29, 0.717) is 0 Å². The summed E-state index contributed by atoms with van der Waals surface area (Å²) in [5, 5.41) is 0. The van der Waals surface area contributed by atoms with E-state index < -0.39 is 0 Å². The predicted molar refractivity (Wildman–Crippen MR) is 55.0 cm³/mol. The van der Waals surface area contributed by atoms with E-state index in [4.69, 9.17) is 0 Å². The predicted octanol–water partition coefficient (Wildman–Crippen LogP) is 3.64. The van der Waals surface area contributed by atoms with Gasteiger partial charge in [-0.15, -0.1) is 0 Å². The van der Waals surface area contributed by atoms with E-state index in [1.165, 1.54) is 6.42 Å². The summed E-state index contributed by atoms with van der Waals surface area (Å²) in [6.07, 6.45) is 19.6. The lowest BCUT2D eigenvalue weighted by Crippen LogP contribution is -1.94. The summed E-state index contributed by atoms with van der Waals surface area (Å²) >= 11 is 0. The van der Waals surface area contributed by atoms with Gasteiger partial charge in [0.1, 0.15) is 0 Å². The molecule has 0 saturated heterocycles. The van der Waals surface area contributed by atoms with Gasteiger partial charge >= 0.3 is 0 Å². The Morgan fingerprint density at radius 2 is 2.25 bits per heavy atom. The van der Waals surface area contributed by atoms with Crippen molar-refractivity contribution < 1.29 is 0 Å². The molecule has 0 saturated carbocycles. The zero-order valence-corrected chi connectivity index (χ0v) is 7.61. The molecule has 1 atom stereocenters. The van der Waals surface area contributed by atoms with E-state index >= 15 is 0 Å². The highest BCUT2D eigenvalue weighted by Gasteiger charge is 2.00. The fourth-order valence-corrected chi connectivity index (χ4v) is 1.25. The van der Waals surface area contributed by atoms with Gasteiger partial charge in [-0.05, 0) is 25.7 Å². The van der Waals surface area contributed by atoms with Crippen LogP contribution in [0.15, 0.2) is 48.6 Å². The first-order valence-electron chi connectivity index (χ1n) is 4.54. The maximum atomic E-state index is 2.28. The highest BCUT2D eigenvalue weighted by molar-refractivity contribution is 5.12. The topological polar surface area (TPSA) is 0 Å². The quantitative estimate of drug-likeness (QED) is 0.553. The highest BCUT2D eigenvalue weighted by atomic mass is 14.1. The SMILES string of the molecule is C/C=C\C=C/CC1C=CC=CC1. The molecule has 0 fully saturated rings. The van der Waals surface area contributed by atoms with Gasteiger partial charge in [0.2, 0.25) is 0 Å². The van der Waals surface area contributed by atoms with Crippen molar-refractivity contribution in [2.45, 2.75) is 19.8 Å². The van der Waals surface area contributed by atoms with Crippen LogP contribution in [0.4, 0.5) is 0 Å². The molecule has 0 heteroatoms. The summed E-state index contributed by atoms with van der Waals surface area (Å²) in [6.45, 7) is 2.04. The van der Waals surface area contributed by atoms with E-state index in [-0.39, 0.29) is 0 Å². The van der Waals surface area contributed by atoms with Crippen molar-refractivity contribution in [1.82, 2.24) is 0 Å². The average molecular weight is 160 g/mol. The lowest BCUT2D eigenvalue weighted by atomic mass is 9.97. The first kappa shape index (κ1) is 9.05. The first-order valence-corrected chi connectivity index (χ1v) is 4.54. The van der Waals surface area contributed by atoms with Gasteiger partial charge < -0.3 is 0 Å². The molecule has 0 spiro atoms. The second-order valence-electron chi connectivity index (χ2n) is 3.00. The third-order valence-corrected chi connectivity index (χ3v) is 1.95. The molecule has 0 N–H and O–H groups in total. The number of hydrogen-bond donors (Lipinski definition) is 0. The molecule has 1 aliphatic carbocycles. The van der Waals surface area contributed by atoms with Crippen molar-refractivity contribution in [1.29, 1.82) is 0 Å². The normalized spacial score (nSPS) is 22.9. The standard InChI is InChI=1S/C12H16/c1-2-3-4-6-9-12-10-7-5-8-11-12/h2-8,10,12H,9,11H2,1H3/b3-2-,6-4-. The Balaban J connectivity index is 2.23. The van der Waals surface area contributed by atoms with Crippen molar-refractivity contribution in [2.24, 2.45) is 5.92 Å². The minimum Gasteiger partial charge on any atom is -0.0877 e. The lowest BCUT2D eigenvalue weighted by Gasteiger charge is -2.08. The Kier molecular flexibility index (Phi) is 4.22. The van der Waals surface area contributed by atoms with Gasteiger partial charge in [-0.3, -0.25) is 0 Å². The molecule has 0 nitrogen and oxygen atoms in total. The van der Waals surface area contributed by atoms with Gasteiger partial charge in [-0.2, -0.15) is 0 Å². The van der Waals surface area contributed by atoms with Crippen LogP contribution in [0.1, 0.15) is 19.8 Å². The molecular formula is C12H16. The maximum absolute atomic E-state index is 2.28. The molecule has 0 aliphatic heterocycles. The van der Waals surface area contributed by atoms with Crippen molar-refractivity contribution in [3.05, 3.63) is 48.6 Å². The molecule has 0 amide bonds. The molecule has 0 aromatic rings. The maximum Gasteiger partial charge on any atom is -0.0161 e. The lowest BCUT2D eigenvalue weighted by molar-refractivity contribution is 0.669. The van der Waals surface area contributed by atoms with Crippen LogP contribution < -0.4 is 0 Å². The summed E-state index contributed by atoms with van der Waals surface area (Å²) in [7, 11) is 0. The fourth-order valence-electron chi connectivity index (χ4n) is 1.25. The Hall–Kier alpha value is -1.04. The Bertz CT molecular complexity index is 216. The van der Waals surface area contributed by atoms with Crippen LogP contribution in [-0.4, -0.2) is 0 Å². The Labute approximate surface area is 75.0 Å². The summed E-state index contributed by atoms with van der Waals surface area (Å²) < 4.78 is 0. The van der Waals surface area contributed by atoms with E-state index in [1.807, 2.05) is 13.0 Å². The second-order valence-corrected chi connectivity index (χ2v) is 3.00. The van der Waals surface area contributed by atoms with Crippen LogP contribution in [0, 0.1) is 5.92 Å². The van der Waals surface area contributed by atoms with Crippen LogP contribution in [0.5, 0.6) is 0 Å². The summed E-state index contributed by atoms with van der Waals surface area (Å²) in [5.41, 5.74) is 0. The van der Waals surface area contributed by atoms with Gasteiger partial charge in [-0.25, -0.2) is 0 Å². The zero-order chi connectivity index (χ0) is 8.65. The summed E-state index contributed by atoms with van der Waals surface area (Å²) in [5.74, 6) is 0.719. The number of rotatable bonds is 3. The second kappa shape index (κ2) is 5.59. The molecule has 64 valence electrons. The van der Waals surface area contributed by atoms with Crippen molar-refractivity contribution in [3.63, 3.8) is 0 Å². The van der Waals surface area contributed by atoms with Gasteiger partial charge in [0, 0.05) is 0 Å². The first-order chi connectivity index (χ1) is 5.93. The van der Waals surface area contributed by atoms with Crippen LogP contribution in [0.3, 0.4) is 0 Å². The molecule has 1 unspecified atom stereocenters. The number of allylic oxidation sites excluding steroid dienone is 8. The van der Waals surface area contributed by atoms with Gasteiger partial charge in [0.15, 0.2) is 0 Å². The smallest absolute Gasteiger partial charge is 0.0161 e. The molecular weight excluding hydrogens is 144 g/mol. The zero-order valence-electron chi connectivity index (χ0n) is 7.61. The van der Waals surface area contributed by atoms with Gasteiger partial charge in [-0.1, -0.05) is 48.6 Å². The summed E-state index contributed by atoms with van der Waals surface area (Å²) in [6, 6.07) is 0. The molecule has 0 aromatic heterocycles. The minimum atomic E-state index is 0.719. The van der Waals surface area contributed by atoms with E-state index in [2.05, 4.69) is 42.5 Å². The van der Waals surface area contributed by atoms with Crippen molar-refractivity contribution >= 4 is 0 Å². The van der Waals surface area contributed by atoms with Crippen LogP contribution in [0.25, 0.3) is 0 Å². The van der Waals surface area contributed by atoms with Gasteiger partial charge in [0.25, 0.3) is 0 Å². The van der Waals surface area contributed by atoms with E-state index in [1.54, 1.807) is 0 Å². The molecule has 1 rings (SSSR count). The van der Waals surface area contributed by atoms with Crippen molar-refractivity contribution in [2.75, 3.05) is 0 Å². The van der Waals surface area contributed by atoms with Crippen LogP contribution >= 0.6 is 0 Å². The van der Waals surface area contributed by atoms with E-state index in [0.717, 1.165) is 12.3 Å². The van der Waals surface area contributed by atoms with Crippen LogP contribution in [-0.2, 0) is 0 Å². The average Bonchev–Trinajstić information content (AvgIpc) is 2.14. The molecule has 12 heavy (non-hydrogen) atoms. The van der Waals surface area contributed by atoms with Crippen molar-refractivity contribution in [3.8, 4) is 0 Å². The summed E-state index contributed by atoms with van der Waals surface area (Å²) in [4.78, 5) is 0. The molecule has 0 aromatic carbocycles. The number of hydrogen-bond acceptors (Lipinski definition) is 0. The molecule has 1 aliphatic rings. The third kappa shape index (κ3) is 3.38. The largest absolute Gasteiger partial charge is 0.0877 e. The molecule has 0 heterocycles. The monoisotopic (exact) mass is 160 g/mol. The third-order valence-electron chi connectivity index (χ3n) is 1.95. The van der Waals surface area contributed by atoms with E-state index in [9.17, 15) is 0 Å². The Morgan fingerprint density at radius 3 is 2.92 bits per heavy atom. The minimum absolute atomic E-state index is 0.719. The molecule has 0 radical (unpaired) electrons. The Morgan fingerprint density at radius 1 is 1.33 bits per heavy atom. The fraction of sp³-hybridized carbons (Fsp3) is 0.333. The molecule has 0 bridgehead atoms. The van der Waals surface area contributed by atoms with Gasteiger partial charge in [0.05, 0.1) is 0 Å². The van der Waals surface area contributed by atoms with Crippen LogP contribution in [0.2, 0.25) is 0 Å². The highest BCUT2D eigenvalue weighted by Crippen LogP contribution is 2.15.